The number of alkyl halides is 2. The van der Waals surface area contributed by atoms with Gasteiger partial charge in [-0.2, -0.15) is 0 Å². The van der Waals surface area contributed by atoms with Gasteiger partial charge in [-0.25, -0.2) is 8.78 Å². The van der Waals surface area contributed by atoms with Gasteiger partial charge in [-0.3, -0.25) is 10.1 Å². The van der Waals surface area contributed by atoms with E-state index in [-0.39, 0.29) is 0 Å². The summed E-state index contributed by atoms with van der Waals surface area (Å²) >= 11 is 0. The van der Waals surface area contributed by atoms with E-state index >= 15 is 0 Å². The summed E-state index contributed by atoms with van der Waals surface area (Å²) in [6.07, 6.45) is -1.68. The molecule has 3 nitrogen and oxygen atoms in total. The fourth-order valence-corrected chi connectivity index (χ4v) is 1.53. The molecular formula is C10H17F2NO2. The Morgan fingerprint density at radius 3 is 2.40 bits per heavy atom. The van der Waals surface area contributed by atoms with Crippen LogP contribution in [0.2, 0.25) is 0 Å². The van der Waals surface area contributed by atoms with Gasteiger partial charge in [0.25, 0.3) is 6.43 Å². The molecule has 1 rings (SSSR count). The summed E-state index contributed by atoms with van der Waals surface area (Å²) in [4.78, 5) is 11.5. The lowest BCUT2D eigenvalue weighted by molar-refractivity contribution is -0.157. The van der Waals surface area contributed by atoms with Gasteiger partial charge in [-0.1, -0.05) is 0 Å². The van der Waals surface area contributed by atoms with E-state index in [0.717, 1.165) is 0 Å². The van der Waals surface area contributed by atoms with Gasteiger partial charge in [0.05, 0.1) is 6.04 Å². The van der Waals surface area contributed by atoms with Crippen LogP contribution in [0.25, 0.3) is 0 Å². The van der Waals surface area contributed by atoms with Crippen molar-refractivity contribution in [1.29, 1.82) is 0 Å². The topological polar surface area (TPSA) is 38.3 Å². The quantitative estimate of drug-likeness (QED) is 0.721. The summed E-state index contributed by atoms with van der Waals surface area (Å²) in [5, 5.41) is 2.59. The number of nitrogens with one attached hydrogen (secondary N) is 1. The van der Waals surface area contributed by atoms with Gasteiger partial charge in [-0.05, 0) is 33.6 Å². The molecule has 0 radical (unpaired) electrons. The molecule has 0 saturated carbocycles. The SMILES string of the molecule is CC(C)(C)OC(=O)C1CCC(C(F)F)N1. The second-order valence-corrected chi connectivity index (χ2v) is 4.77. The van der Waals surface area contributed by atoms with Crippen molar-refractivity contribution in [1.82, 2.24) is 5.32 Å². The molecule has 1 fully saturated rings. The van der Waals surface area contributed by atoms with Crippen molar-refractivity contribution in [3.63, 3.8) is 0 Å². The molecule has 88 valence electrons. The second kappa shape index (κ2) is 4.43. The minimum absolute atomic E-state index is 0.321. The maximum atomic E-state index is 12.3. The normalized spacial score (nSPS) is 27.1. The number of esters is 1. The van der Waals surface area contributed by atoms with E-state index < -0.39 is 30.1 Å². The summed E-state index contributed by atoms with van der Waals surface area (Å²) in [6.45, 7) is 5.26. The highest BCUT2D eigenvalue weighted by Gasteiger charge is 2.36. The molecule has 0 aromatic heterocycles. The Bertz CT molecular complexity index is 238. The van der Waals surface area contributed by atoms with Crippen molar-refractivity contribution in [2.24, 2.45) is 0 Å². The second-order valence-electron chi connectivity index (χ2n) is 4.77. The van der Waals surface area contributed by atoms with Gasteiger partial charge in [0.15, 0.2) is 0 Å². The fourth-order valence-electron chi connectivity index (χ4n) is 1.53. The van der Waals surface area contributed by atoms with Crippen LogP contribution < -0.4 is 5.32 Å². The van der Waals surface area contributed by atoms with Crippen LogP contribution in [0.3, 0.4) is 0 Å². The Hall–Kier alpha value is -0.710. The highest BCUT2D eigenvalue weighted by molar-refractivity contribution is 5.76. The zero-order chi connectivity index (χ0) is 11.6. The van der Waals surface area contributed by atoms with E-state index in [0.29, 0.717) is 12.8 Å². The number of carbonyl (C=O) groups excluding carboxylic acids is 1. The molecule has 5 heteroatoms. The molecule has 2 atom stereocenters. The minimum Gasteiger partial charge on any atom is -0.459 e. The Morgan fingerprint density at radius 2 is 2.00 bits per heavy atom. The Morgan fingerprint density at radius 1 is 1.40 bits per heavy atom. The molecule has 0 aromatic carbocycles. The van der Waals surface area contributed by atoms with E-state index in [1.165, 1.54) is 0 Å². The lowest BCUT2D eigenvalue weighted by atomic mass is 10.1. The van der Waals surface area contributed by atoms with Gasteiger partial charge >= 0.3 is 5.97 Å². The first-order valence-corrected chi connectivity index (χ1v) is 5.06. The van der Waals surface area contributed by atoms with Gasteiger partial charge < -0.3 is 4.74 Å². The number of halogens is 2. The first-order chi connectivity index (χ1) is 6.79. The molecule has 15 heavy (non-hydrogen) atoms. The summed E-state index contributed by atoms with van der Waals surface area (Å²) in [5.41, 5.74) is -0.568. The lowest BCUT2D eigenvalue weighted by Gasteiger charge is -2.22. The predicted molar refractivity (Wildman–Crippen MR) is 51.8 cm³/mol. The molecule has 1 N–H and O–H groups in total. The smallest absolute Gasteiger partial charge is 0.323 e. The number of ether oxygens (including phenoxy) is 1. The van der Waals surface area contributed by atoms with Crippen LogP contribution in [0, 0.1) is 0 Å². The van der Waals surface area contributed by atoms with Gasteiger partial charge in [0.1, 0.15) is 11.6 Å². The molecule has 1 aliphatic rings. The van der Waals surface area contributed by atoms with E-state index in [1.54, 1.807) is 20.8 Å². The van der Waals surface area contributed by atoms with E-state index in [4.69, 9.17) is 4.74 Å². The van der Waals surface area contributed by atoms with Crippen molar-refractivity contribution in [2.45, 2.75) is 57.7 Å². The largest absolute Gasteiger partial charge is 0.459 e. The Kier molecular flexibility index (Phi) is 3.65. The number of carbonyl (C=O) groups is 1. The molecule has 0 bridgehead atoms. The fraction of sp³-hybridized carbons (Fsp3) is 0.900. The average Bonchev–Trinajstić information content (AvgIpc) is 2.47. The number of rotatable bonds is 2. The van der Waals surface area contributed by atoms with Crippen molar-refractivity contribution >= 4 is 5.97 Å². The lowest BCUT2D eigenvalue weighted by Crippen LogP contribution is -2.42. The molecule has 0 aromatic rings. The minimum atomic E-state index is -2.42. The zero-order valence-corrected chi connectivity index (χ0v) is 9.22. The summed E-state index contributed by atoms with van der Waals surface area (Å²) in [7, 11) is 0. The Labute approximate surface area is 88.2 Å². The van der Waals surface area contributed by atoms with E-state index in [1.807, 2.05) is 0 Å². The predicted octanol–water partition coefficient (Wildman–Crippen LogP) is 1.71. The highest BCUT2D eigenvalue weighted by Crippen LogP contribution is 2.20. The highest BCUT2D eigenvalue weighted by atomic mass is 19.3. The third-order valence-electron chi connectivity index (χ3n) is 2.18. The van der Waals surface area contributed by atoms with Crippen LogP contribution >= 0.6 is 0 Å². The maximum absolute atomic E-state index is 12.3. The van der Waals surface area contributed by atoms with Gasteiger partial charge in [0.2, 0.25) is 0 Å². The molecule has 0 amide bonds. The summed E-state index contributed by atoms with van der Waals surface area (Å²) in [5.74, 6) is -0.439. The molecule has 1 heterocycles. The van der Waals surface area contributed by atoms with Crippen molar-refractivity contribution in [3.8, 4) is 0 Å². The van der Waals surface area contributed by atoms with Crippen LogP contribution in [-0.2, 0) is 9.53 Å². The van der Waals surface area contributed by atoms with E-state index in [9.17, 15) is 13.6 Å². The molecule has 1 saturated heterocycles. The van der Waals surface area contributed by atoms with Crippen LogP contribution in [0.4, 0.5) is 8.78 Å². The average molecular weight is 221 g/mol. The van der Waals surface area contributed by atoms with Crippen molar-refractivity contribution in [3.05, 3.63) is 0 Å². The third kappa shape index (κ3) is 3.74. The summed E-state index contributed by atoms with van der Waals surface area (Å²) < 4.78 is 29.7. The van der Waals surface area contributed by atoms with Crippen LogP contribution in [0.5, 0.6) is 0 Å². The van der Waals surface area contributed by atoms with Crippen LogP contribution in [-0.4, -0.2) is 30.1 Å². The van der Waals surface area contributed by atoms with Crippen molar-refractivity contribution in [2.75, 3.05) is 0 Å². The molecular weight excluding hydrogens is 204 g/mol. The van der Waals surface area contributed by atoms with Crippen molar-refractivity contribution < 1.29 is 18.3 Å². The monoisotopic (exact) mass is 221 g/mol. The van der Waals surface area contributed by atoms with Gasteiger partial charge in [-0.15, -0.1) is 0 Å². The Balaban J connectivity index is 2.44. The van der Waals surface area contributed by atoms with Gasteiger partial charge in [0, 0.05) is 0 Å². The van der Waals surface area contributed by atoms with Crippen LogP contribution in [0.1, 0.15) is 33.6 Å². The third-order valence-corrected chi connectivity index (χ3v) is 2.18. The molecule has 0 aliphatic carbocycles. The number of hydrogen-bond donors (Lipinski definition) is 1. The first-order valence-electron chi connectivity index (χ1n) is 5.06. The van der Waals surface area contributed by atoms with E-state index in [2.05, 4.69) is 5.32 Å². The molecule has 1 aliphatic heterocycles. The maximum Gasteiger partial charge on any atom is 0.323 e. The molecule has 0 spiro atoms. The summed E-state index contributed by atoms with van der Waals surface area (Å²) in [6, 6.07) is -1.45. The first kappa shape index (κ1) is 12.4. The molecule has 2 unspecified atom stereocenters. The zero-order valence-electron chi connectivity index (χ0n) is 9.22. The van der Waals surface area contributed by atoms with Crippen LogP contribution in [0.15, 0.2) is 0 Å². The standard InChI is InChI=1S/C10H17F2NO2/c1-10(2,3)15-9(14)7-5-4-6(13-7)8(11)12/h6-8,13H,4-5H2,1-3H3. The number of hydrogen-bond acceptors (Lipinski definition) is 3.